The predicted molar refractivity (Wildman–Crippen MR) is 429 cm³/mol. The first kappa shape index (κ1) is 59.6. The van der Waals surface area contributed by atoms with Gasteiger partial charge in [-0.3, -0.25) is 0 Å². The summed E-state index contributed by atoms with van der Waals surface area (Å²) in [7, 11) is 0. The van der Waals surface area contributed by atoms with E-state index in [0.717, 1.165) is 84.3 Å². The smallest absolute Gasteiger partial charge is 0.143 e. The minimum absolute atomic E-state index is 0.913. The van der Waals surface area contributed by atoms with Crippen molar-refractivity contribution in [2.24, 2.45) is 0 Å². The molecule has 0 aliphatic rings. The van der Waals surface area contributed by atoms with Gasteiger partial charge in [0.25, 0.3) is 0 Å². The van der Waals surface area contributed by atoms with Crippen LogP contribution < -0.4 is 9.80 Å². The van der Waals surface area contributed by atoms with Crippen LogP contribution in [0.5, 0.6) is 0 Å². The van der Waals surface area contributed by atoms with Gasteiger partial charge in [-0.25, -0.2) is 0 Å². The molecule has 4 aromatic heterocycles. The molecule has 0 fully saturated rings. The second kappa shape index (κ2) is 25.3. The zero-order valence-electron chi connectivity index (χ0n) is 55.7. The number of furan rings is 1. The fourth-order valence-corrected chi connectivity index (χ4v) is 15.4. The first-order chi connectivity index (χ1) is 50.6. The van der Waals surface area contributed by atoms with E-state index in [1.807, 2.05) is 12.1 Å². The van der Waals surface area contributed by atoms with Gasteiger partial charge in [-0.15, -0.1) is 0 Å². The fourth-order valence-electron chi connectivity index (χ4n) is 15.4. The lowest BCUT2D eigenvalue weighted by molar-refractivity contribution is 0.670. The van der Waals surface area contributed by atoms with Crippen molar-refractivity contribution in [2.75, 3.05) is 9.80 Å². The quantitative estimate of drug-likeness (QED) is 0.122. The molecule has 4 heterocycles. The maximum atomic E-state index is 6.34. The van der Waals surface area contributed by atoms with Gasteiger partial charge in [0.15, 0.2) is 0 Å². The van der Waals surface area contributed by atoms with E-state index in [9.17, 15) is 0 Å². The maximum absolute atomic E-state index is 6.34. The molecule has 0 aliphatic heterocycles. The van der Waals surface area contributed by atoms with Gasteiger partial charge in [-0.2, -0.15) is 0 Å². The average Bonchev–Trinajstić information content (AvgIpc) is 1.61. The number of hydrogen-bond acceptors (Lipinski definition) is 3. The zero-order chi connectivity index (χ0) is 67.5. The predicted octanol–water partition coefficient (Wildman–Crippen LogP) is 26.5. The molecule has 0 saturated carbocycles. The van der Waals surface area contributed by atoms with E-state index in [1.165, 1.54) is 87.7 Å². The van der Waals surface area contributed by atoms with Crippen LogP contribution >= 0.6 is 0 Å². The molecule has 0 spiro atoms. The summed E-state index contributed by atoms with van der Waals surface area (Å²) >= 11 is 0. The Balaban J connectivity index is 0.000000147. The lowest BCUT2D eigenvalue weighted by atomic mass is 10.0. The molecule has 20 aromatic rings. The van der Waals surface area contributed by atoms with Gasteiger partial charge in [0.1, 0.15) is 11.2 Å². The third kappa shape index (κ3) is 10.4. The zero-order valence-corrected chi connectivity index (χ0v) is 55.7. The first-order valence-electron chi connectivity index (χ1n) is 34.8. The Morgan fingerprint density at radius 1 is 0.176 bits per heavy atom. The minimum atomic E-state index is 0.913. The molecule has 102 heavy (non-hydrogen) atoms. The van der Waals surface area contributed by atoms with Gasteiger partial charge in [0.2, 0.25) is 0 Å². The molecule has 0 radical (unpaired) electrons. The van der Waals surface area contributed by atoms with Crippen LogP contribution in [0, 0.1) is 0 Å². The third-order valence-electron chi connectivity index (χ3n) is 20.1. The van der Waals surface area contributed by atoms with Gasteiger partial charge in [0.05, 0.1) is 33.1 Å². The SMILES string of the molecule is c1ccc(-c2ccc(N(c3ccc(-c4ccccc4)cc3)c3ccc(-c4cccc5c4oc4ccccc45)cc3)cc2)cc1.c1ccc2c(c1)c1ccccc1n2-c1ccc(N(c2ccc(-n3c4ccccc4c4ccccc43)cc2)c2ccc(-n3c4ccccc4c4ccccc43)cc2)cc1. The topological polar surface area (TPSA) is 34.4 Å². The number of anilines is 6. The summed E-state index contributed by atoms with van der Waals surface area (Å²) in [5.74, 6) is 0. The van der Waals surface area contributed by atoms with E-state index >= 15 is 0 Å². The molecule has 0 N–H and O–H groups in total. The summed E-state index contributed by atoms with van der Waals surface area (Å²) in [6.07, 6.45) is 0. The van der Waals surface area contributed by atoms with Crippen molar-refractivity contribution < 1.29 is 4.42 Å². The van der Waals surface area contributed by atoms with Crippen molar-refractivity contribution in [1.29, 1.82) is 0 Å². The number of fused-ring (bicyclic) bond motifs is 12. The van der Waals surface area contributed by atoms with Crippen LogP contribution in [0.4, 0.5) is 34.1 Å². The number of aromatic nitrogens is 3. The Bertz CT molecular complexity index is 5830. The number of rotatable bonds is 12. The van der Waals surface area contributed by atoms with E-state index in [4.69, 9.17) is 4.42 Å². The summed E-state index contributed by atoms with van der Waals surface area (Å²) in [5, 5.41) is 9.84. The summed E-state index contributed by atoms with van der Waals surface area (Å²) in [6.45, 7) is 0. The summed E-state index contributed by atoms with van der Waals surface area (Å²) in [6, 6.07) is 141. The molecule has 0 bridgehead atoms. The normalized spacial score (nSPS) is 11.5. The highest BCUT2D eigenvalue weighted by atomic mass is 16.3. The molecule has 0 aliphatic carbocycles. The lowest BCUT2D eigenvalue weighted by Crippen LogP contribution is -2.10. The summed E-state index contributed by atoms with van der Waals surface area (Å²) < 4.78 is 13.5. The largest absolute Gasteiger partial charge is 0.455 e. The van der Waals surface area contributed by atoms with Gasteiger partial charge in [-0.1, -0.05) is 243 Å². The van der Waals surface area contributed by atoms with E-state index < -0.39 is 0 Å². The number of para-hydroxylation sites is 8. The second-order valence-electron chi connectivity index (χ2n) is 26.0. The van der Waals surface area contributed by atoms with Crippen molar-refractivity contribution in [1.82, 2.24) is 13.7 Å². The Kier molecular flexibility index (Phi) is 14.8. The lowest BCUT2D eigenvalue weighted by Gasteiger charge is -2.26. The highest BCUT2D eigenvalue weighted by molar-refractivity contribution is 6.12. The molecule has 0 unspecified atom stereocenters. The Morgan fingerprint density at radius 2 is 0.422 bits per heavy atom. The van der Waals surface area contributed by atoms with Crippen molar-refractivity contribution in [3.8, 4) is 50.4 Å². The van der Waals surface area contributed by atoms with Crippen molar-refractivity contribution in [2.45, 2.75) is 0 Å². The Morgan fingerprint density at radius 3 is 0.745 bits per heavy atom. The van der Waals surface area contributed by atoms with Crippen LogP contribution in [-0.4, -0.2) is 13.7 Å². The van der Waals surface area contributed by atoms with Crippen LogP contribution in [-0.2, 0) is 0 Å². The highest BCUT2D eigenvalue weighted by Crippen LogP contribution is 2.44. The molecule has 20 rings (SSSR count). The van der Waals surface area contributed by atoms with E-state index in [1.54, 1.807) is 0 Å². The highest BCUT2D eigenvalue weighted by Gasteiger charge is 2.21. The molecule has 480 valence electrons. The molecule has 0 atom stereocenters. The average molecular weight is 1300 g/mol. The van der Waals surface area contributed by atoms with Crippen molar-refractivity contribution in [3.05, 3.63) is 394 Å². The monoisotopic (exact) mass is 1300 g/mol. The van der Waals surface area contributed by atoms with Crippen LogP contribution in [0.25, 0.3) is 138 Å². The molecule has 16 aromatic carbocycles. The van der Waals surface area contributed by atoms with Gasteiger partial charge in [-0.05, 0) is 179 Å². The third-order valence-corrected chi connectivity index (χ3v) is 20.1. The van der Waals surface area contributed by atoms with E-state index in [0.29, 0.717) is 0 Å². The summed E-state index contributed by atoms with van der Waals surface area (Å²) in [5.41, 5.74) is 26.0. The molecular formula is C96H65N5O. The Hall–Kier alpha value is -13.7. The van der Waals surface area contributed by atoms with Crippen LogP contribution in [0.15, 0.2) is 399 Å². The molecular weight excluding hydrogens is 1240 g/mol. The number of hydrogen-bond donors (Lipinski definition) is 0. The molecule has 6 nitrogen and oxygen atoms in total. The molecule has 0 saturated heterocycles. The number of nitrogens with zero attached hydrogens (tertiary/aromatic N) is 5. The van der Waals surface area contributed by atoms with E-state index in [2.05, 4.69) is 406 Å². The van der Waals surface area contributed by atoms with Crippen LogP contribution in [0.2, 0.25) is 0 Å². The molecule has 0 amide bonds. The number of benzene rings is 16. The van der Waals surface area contributed by atoms with Crippen LogP contribution in [0.3, 0.4) is 0 Å². The van der Waals surface area contributed by atoms with Crippen LogP contribution in [0.1, 0.15) is 0 Å². The standard InChI is InChI=1S/C54H36N4.C42H29NO/c1-7-19-49-43(13-1)44-14-2-8-20-50(44)56(49)40-31-25-37(26-32-40)55(38-27-33-41(34-28-38)57-51-21-9-3-15-45(51)46-16-4-10-22-52(46)57)39-29-35-42(36-30-39)58-53-23-11-5-17-47(53)48-18-6-12-24-54(48)58;1-3-10-30(11-4-1)32-18-24-35(25-19-32)43(36-26-20-33(21-27-36)31-12-5-2-6-13-31)37-28-22-34(23-29-37)38-15-9-16-40-39-14-7-8-17-41(39)44-42(38)40/h1-36H;1-29H. The first-order valence-corrected chi connectivity index (χ1v) is 34.8. The second-order valence-corrected chi connectivity index (χ2v) is 26.0. The fraction of sp³-hybridized carbons (Fsp3) is 0. The van der Waals surface area contributed by atoms with Crippen molar-refractivity contribution in [3.63, 3.8) is 0 Å². The van der Waals surface area contributed by atoms with Gasteiger partial charge >= 0.3 is 0 Å². The van der Waals surface area contributed by atoms with E-state index in [-0.39, 0.29) is 0 Å². The summed E-state index contributed by atoms with van der Waals surface area (Å²) in [4.78, 5) is 4.68. The van der Waals surface area contributed by atoms with Gasteiger partial charge < -0.3 is 27.9 Å². The maximum Gasteiger partial charge on any atom is 0.143 e. The Labute approximate surface area is 590 Å². The van der Waals surface area contributed by atoms with Gasteiger partial charge in [0, 0.05) is 99.8 Å². The molecule has 6 heteroatoms. The van der Waals surface area contributed by atoms with Crippen molar-refractivity contribution >= 4 is 121 Å². The minimum Gasteiger partial charge on any atom is -0.455 e.